The smallest absolute Gasteiger partial charge is 0.251 e. The Balaban J connectivity index is 0.00000324. The molecule has 0 heterocycles. The highest BCUT2D eigenvalue weighted by molar-refractivity contribution is 5.94. The number of carbonyl (C=O) groups excluding carboxylic acids is 2. The largest absolute Gasteiger partial charge is 0.355 e. The van der Waals surface area contributed by atoms with Gasteiger partial charge in [-0.2, -0.15) is 0 Å². The molecule has 5 nitrogen and oxygen atoms in total. The van der Waals surface area contributed by atoms with Gasteiger partial charge in [0.1, 0.15) is 0 Å². The fourth-order valence-corrected chi connectivity index (χ4v) is 1.52. The van der Waals surface area contributed by atoms with Gasteiger partial charge in [0.25, 0.3) is 5.91 Å². The zero-order valence-electron chi connectivity index (χ0n) is 10.9. The fraction of sp³-hybridized carbons (Fsp3) is 0.385. The van der Waals surface area contributed by atoms with Crippen molar-refractivity contribution in [2.45, 2.75) is 19.4 Å². The van der Waals surface area contributed by atoms with Crippen LogP contribution in [0.3, 0.4) is 0 Å². The summed E-state index contributed by atoms with van der Waals surface area (Å²) in [4.78, 5) is 22.8. The second-order valence-electron chi connectivity index (χ2n) is 3.95. The van der Waals surface area contributed by atoms with Crippen molar-refractivity contribution in [3.05, 3.63) is 35.4 Å². The van der Waals surface area contributed by atoms with Crippen molar-refractivity contribution in [2.24, 2.45) is 5.73 Å². The molecule has 0 fully saturated rings. The number of hydrogen-bond donors (Lipinski definition) is 3. The molecule has 0 spiro atoms. The van der Waals surface area contributed by atoms with Crippen LogP contribution >= 0.6 is 12.4 Å². The zero-order chi connectivity index (χ0) is 13.4. The van der Waals surface area contributed by atoms with Crippen LogP contribution in [-0.2, 0) is 11.3 Å². The Morgan fingerprint density at radius 3 is 2.68 bits per heavy atom. The third-order valence-electron chi connectivity index (χ3n) is 2.51. The summed E-state index contributed by atoms with van der Waals surface area (Å²) in [6.45, 7) is 0.938. The molecule has 1 rings (SSSR count). The molecule has 1 aromatic rings. The molecule has 0 unspecified atom stereocenters. The van der Waals surface area contributed by atoms with E-state index in [9.17, 15) is 9.59 Å². The highest BCUT2D eigenvalue weighted by Crippen LogP contribution is 2.05. The number of nitrogens with one attached hydrogen (secondary N) is 2. The summed E-state index contributed by atoms with van der Waals surface area (Å²) in [6.07, 6.45) is 1.12. The molecule has 0 aromatic heterocycles. The van der Waals surface area contributed by atoms with Gasteiger partial charge in [-0.15, -0.1) is 12.4 Å². The molecule has 0 aliphatic carbocycles. The lowest BCUT2D eigenvalue weighted by atomic mass is 10.1. The van der Waals surface area contributed by atoms with Gasteiger partial charge in [0.2, 0.25) is 5.91 Å². The van der Waals surface area contributed by atoms with Crippen LogP contribution in [0.2, 0.25) is 0 Å². The van der Waals surface area contributed by atoms with Crippen LogP contribution in [0.25, 0.3) is 0 Å². The number of hydrogen-bond acceptors (Lipinski definition) is 3. The third-order valence-corrected chi connectivity index (χ3v) is 2.51. The van der Waals surface area contributed by atoms with Gasteiger partial charge in [-0.1, -0.05) is 12.1 Å². The van der Waals surface area contributed by atoms with E-state index in [1.165, 1.54) is 0 Å². The van der Waals surface area contributed by atoms with E-state index in [2.05, 4.69) is 10.6 Å². The number of halogens is 1. The first kappa shape index (κ1) is 17.4. The minimum atomic E-state index is -0.133. The second kappa shape index (κ2) is 9.35. The van der Waals surface area contributed by atoms with Gasteiger partial charge in [0, 0.05) is 25.6 Å². The maximum atomic E-state index is 11.4. The lowest BCUT2D eigenvalue weighted by molar-refractivity contribution is -0.121. The zero-order valence-corrected chi connectivity index (χ0v) is 11.8. The molecule has 19 heavy (non-hydrogen) atoms. The summed E-state index contributed by atoms with van der Waals surface area (Å²) in [7, 11) is 1.59. The van der Waals surface area contributed by atoms with E-state index in [0.717, 1.165) is 5.56 Å². The van der Waals surface area contributed by atoms with Crippen molar-refractivity contribution in [1.82, 2.24) is 10.6 Å². The van der Waals surface area contributed by atoms with Gasteiger partial charge in [0.05, 0.1) is 0 Å². The van der Waals surface area contributed by atoms with E-state index in [-0.39, 0.29) is 24.2 Å². The third kappa shape index (κ3) is 6.22. The van der Waals surface area contributed by atoms with Crippen molar-refractivity contribution in [3.63, 3.8) is 0 Å². The standard InChI is InChI=1S/C13H19N3O2.ClH/c1-15-13(18)11-5-2-4-10(8-11)9-16-12(17)6-3-7-14;/h2,4-5,8H,3,6-7,9,14H2,1H3,(H,15,18)(H,16,17);1H. The lowest BCUT2D eigenvalue weighted by Gasteiger charge is -2.06. The van der Waals surface area contributed by atoms with Crippen LogP contribution < -0.4 is 16.4 Å². The second-order valence-corrected chi connectivity index (χ2v) is 3.95. The van der Waals surface area contributed by atoms with Gasteiger partial charge in [-0.05, 0) is 30.7 Å². The van der Waals surface area contributed by atoms with E-state index in [1.54, 1.807) is 25.2 Å². The highest BCUT2D eigenvalue weighted by atomic mass is 35.5. The van der Waals surface area contributed by atoms with Crippen LogP contribution in [0.1, 0.15) is 28.8 Å². The van der Waals surface area contributed by atoms with Crippen LogP contribution in [-0.4, -0.2) is 25.4 Å². The Kier molecular flexibility index (Phi) is 8.57. The SMILES string of the molecule is CNC(=O)c1cccc(CNC(=O)CCCN)c1.Cl. The maximum absolute atomic E-state index is 11.4. The number of rotatable bonds is 6. The van der Waals surface area contributed by atoms with E-state index in [4.69, 9.17) is 5.73 Å². The molecule has 4 N–H and O–H groups in total. The Hall–Kier alpha value is -1.59. The van der Waals surface area contributed by atoms with Crippen LogP contribution in [0.5, 0.6) is 0 Å². The highest BCUT2D eigenvalue weighted by Gasteiger charge is 2.04. The van der Waals surface area contributed by atoms with Gasteiger partial charge >= 0.3 is 0 Å². The monoisotopic (exact) mass is 285 g/mol. The molecular weight excluding hydrogens is 266 g/mol. The Morgan fingerprint density at radius 2 is 2.05 bits per heavy atom. The summed E-state index contributed by atoms with van der Waals surface area (Å²) in [5.74, 6) is -0.155. The molecule has 0 aliphatic heterocycles. The fourth-order valence-electron chi connectivity index (χ4n) is 1.52. The summed E-state index contributed by atoms with van der Waals surface area (Å²) in [6, 6.07) is 7.17. The van der Waals surface area contributed by atoms with Crippen molar-refractivity contribution in [1.29, 1.82) is 0 Å². The molecule has 0 radical (unpaired) electrons. The predicted octanol–water partition coefficient (Wildman–Crippen LogP) is 0.823. The van der Waals surface area contributed by atoms with Crippen LogP contribution in [0, 0.1) is 0 Å². The predicted molar refractivity (Wildman–Crippen MR) is 77.2 cm³/mol. The van der Waals surface area contributed by atoms with E-state index in [1.807, 2.05) is 6.07 Å². The van der Waals surface area contributed by atoms with E-state index >= 15 is 0 Å². The Labute approximate surface area is 119 Å². The summed E-state index contributed by atoms with van der Waals surface area (Å²) in [5, 5.41) is 5.35. The normalized spacial score (nSPS) is 9.37. The van der Waals surface area contributed by atoms with Crippen LogP contribution in [0.15, 0.2) is 24.3 Å². The molecule has 0 aliphatic rings. The average Bonchev–Trinajstić information content (AvgIpc) is 2.42. The minimum Gasteiger partial charge on any atom is -0.355 e. The van der Waals surface area contributed by atoms with Gasteiger partial charge in [0.15, 0.2) is 0 Å². The van der Waals surface area contributed by atoms with Crippen molar-refractivity contribution >= 4 is 24.2 Å². The molecule has 0 atom stereocenters. The molecule has 2 amide bonds. The average molecular weight is 286 g/mol. The van der Waals surface area contributed by atoms with Gasteiger partial charge in [-0.25, -0.2) is 0 Å². The quantitative estimate of drug-likeness (QED) is 0.724. The Morgan fingerprint density at radius 1 is 1.32 bits per heavy atom. The number of carbonyl (C=O) groups is 2. The topological polar surface area (TPSA) is 84.2 Å². The Bertz CT molecular complexity index is 424. The number of benzene rings is 1. The first-order valence-electron chi connectivity index (χ1n) is 5.95. The van der Waals surface area contributed by atoms with Crippen molar-refractivity contribution in [2.75, 3.05) is 13.6 Å². The lowest BCUT2D eigenvalue weighted by Crippen LogP contribution is -2.23. The number of amides is 2. The molecule has 6 heteroatoms. The van der Waals surface area contributed by atoms with Crippen molar-refractivity contribution < 1.29 is 9.59 Å². The van der Waals surface area contributed by atoms with E-state index < -0.39 is 0 Å². The van der Waals surface area contributed by atoms with Crippen molar-refractivity contribution in [3.8, 4) is 0 Å². The summed E-state index contributed by atoms with van der Waals surface area (Å²) >= 11 is 0. The summed E-state index contributed by atoms with van der Waals surface area (Å²) in [5.41, 5.74) is 6.82. The van der Waals surface area contributed by atoms with Gasteiger partial charge in [-0.3, -0.25) is 9.59 Å². The number of nitrogens with two attached hydrogens (primary N) is 1. The maximum Gasteiger partial charge on any atom is 0.251 e. The minimum absolute atomic E-state index is 0. The molecule has 0 saturated heterocycles. The van der Waals surface area contributed by atoms with E-state index in [0.29, 0.717) is 31.5 Å². The van der Waals surface area contributed by atoms with Gasteiger partial charge < -0.3 is 16.4 Å². The molecule has 0 bridgehead atoms. The molecular formula is C13H20ClN3O2. The first-order chi connectivity index (χ1) is 8.67. The van der Waals surface area contributed by atoms with Crippen LogP contribution in [0.4, 0.5) is 0 Å². The molecule has 1 aromatic carbocycles. The first-order valence-corrected chi connectivity index (χ1v) is 5.95. The molecule has 106 valence electrons. The molecule has 0 saturated carbocycles. The summed E-state index contributed by atoms with van der Waals surface area (Å²) < 4.78 is 0.